The number of carbonyl (C=O) groups excluding carboxylic acids is 1. The number of carbonyl (C=O) groups is 1. The van der Waals surface area contributed by atoms with E-state index in [4.69, 9.17) is 14.2 Å². The van der Waals surface area contributed by atoms with Gasteiger partial charge >= 0.3 is 5.97 Å². The fourth-order valence-corrected chi connectivity index (χ4v) is 3.80. The Morgan fingerprint density at radius 3 is 2.61 bits per heavy atom. The van der Waals surface area contributed by atoms with E-state index in [9.17, 15) is 9.18 Å². The number of hydrogen-bond donors (Lipinski definition) is 0. The lowest BCUT2D eigenvalue weighted by atomic mass is 10.1. The molecule has 3 aromatic carbocycles. The van der Waals surface area contributed by atoms with Crippen LogP contribution in [0, 0.1) is 12.7 Å². The number of nitrogens with zero attached hydrogens (tertiary/aromatic N) is 1. The van der Waals surface area contributed by atoms with Crippen LogP contribution in [-0.2, 0) is 16.1 Å². The minimum absolute atomic E-state index is 0.0629. The van der Waals surface area contributed by atoms with Crippen LogP contribution in [0.2, 0.25) is 0 Å². The molecule has 0 saturated carbocycles. The summed E-state index contributed by atoms with van der Waals surface area (Å²) in [6.45, 7) is 4.74. The van der Waals surface area contributed by atoms with E-state index in [1.54, 1.807) is 18.2 Å². The molecule has 0 amide bonds. The fourth-order valence-electron chi connectivity index (χ4n) is 3.23. The van der Waals surface area contributed by atoms with Crippen LogP contribution in [0.15, 0.2) is 75.8 Å². The Bertz CT molecular complexity index is 1250. The van der Waals surface area contributed by atoms with E-state index >= 15 is 0 Å². The molecule has 0 spiro atoms. The standard InChI is InChI=1S/C26H21BrFNO4/c1-3-31-23-13-18(11-21(27)24(23)32-15-17-9-7-16(2)8-10-17)12-22-26(30)33-25(29-22)19-5-4-6-20(28)14-19/h4-14H,3,15H2,1-2H3/b22-12-. The summed E-state index contributed by atoms with van der Waals surface area (Å²) in [4.78, 5) is 16.6. The fraction of sp³-hybridized carbons (Fsp3) is 0.154. The largest absolute Gasteiger partial charge is 0.490 e. The second-order valence-corrected chi connectivity index (χ2v) is 8.24. The van der Waals surface area contributed by atoms with Crippen LogP contribution in [0.5, 0.6) is 11.5 Å². The van der Waals surface area contributed by atoms with Gasteiger partial charge in [-0.2, -0.15) is 0 Å². The number of hydrogen-bond acceptors (Lipinski definition) is 5. The molecule has 1 aliphatic heterocycles. The zero-order valence-electron chi connectivity index (χ0n) is 18.1. The van der Waals surface area contributed by atoms with Crippen LogP contribution >= 0.6 is 15.9 Å². The molecule has 0 radical (unpaired) electrons. The Kier molecular flexibility index (Phi) is 6.89. The Labute approximate surface area is 199 Å². The third-order valence-electron chi connectivity index (χ3n) is 4.83. The molecule has 0 fully saturated rings. The smallest absolute Gasteiger partial charge is 0.363 e. The topological polar surface area (TPSA) is 57.1 Å². The van der Waals surface area contributed by atoms with Crippen molar-refractivity contribution in [2.75, 3.05) is 6.61 Å². The Morgan fingerprint density at radius 1 is 1.09 bits per heavy atom. The summed E-state index contributed by atoms with van der Waals surface area (Å²) < 4.78 is 31.2. The predicted octanol–water partition coefficient (Wildman–Crippen LogP) is 6.22. The highest BCUT2D eigenvalue weighted by Gasteiger charge is 2.25. The lowest BCUT2D eigenvalue weighted by Gasteiger charge is -2.15. The molecule has 5 nitrogen and oxygen atoms in total. The number of ether oxygens (including phenoxy) is 3. The average Bonchev–Trinajstić information content (AvgIpc) is 3.15. The lowest BCUT2D eigenvalue weighted by Crippen LogP contribution is -2.05. The lowest BCUT2D eigenvalue weighted by molar-refractivity contribution is -0.129. The summed E-state index contributed by atoms with van der Waals surface area (Å²) >= 11 is 3.55. The highest BCUT2D eigenvalue weighted by Crippen LogP contribution is 2.38. The molecule has 0 unspecified atom stereocenters. The highest BCUT2D eigenvalue weighted by atomic mass is 79.9. The normalized spacial score (nSPS) is 14.2. The molecular weight excluding hydrogens is 489 g/mol. The molecule has 0 bridgehead atoms. The van der Waals surface area contributed by atoms with E-state index in [0.29, 0.717) is 40.3 Å². The van der Waals surface area contributed by atoms with Gasteiger partial charge in [0.1, 0.15) is 12.4 Å². The molecule has 4 rings (SSSR count). The molecule has 0 aromatic heterocycles. The zero-order chi connectivity index (χ0) is 23.4. The van der Waals surface area contributed by atoms with E-state index in [1.807, 2.05) is 44.2 Å². The highest BCUT2D eigenvalue weighted by molar-refractivity contribution is 9.10. The number of benzene rings is 3. The van der Waals surface area contributed by atoms with Crippen molar-refractivity contribution in [1.82, 2.24) is 0 Å². The van der Waals surface area contributed by atoms with Gasteiger partial charge in [-0.3, -0.25) is 0 Å². The van der Waals surface area contributed by atoms with Crippen LogP contribution in [0.3, 0.4) is 0 Å². The van der Waals surface area contributed by atoms with Crippen LogP contribution in [0.25, 0.3) is 6.08 Å². The van der Waals surface area contributed by atoms with E-state index < -0.39 is 11.8 Å². The van der Waals surface area contributed by atoms with Gasteiger partial charge < -0.3 is 14.2 Å². The molecule has 33 heavy (non-hydrogen) atoms. The van der Waals surface area contributed by atoms with Crippen LogP contribution < -0.4 is 9.47 Å². The van der Waals surface area contributed by atoms with E-state index in [-0.39, 0.29) is 11.6 Å². The first-order valence-electron chi connectivity index (χ1n) is 10.4. The van der Waals surface area contributed by atoms with Gasteiger partial charge in [0.2, 0.25) is 5.90 Å². The number of aliphatic imine (C=N–C) groups is 1. The van der Waals surface area contributed by atoms with Gasteiger partial charge in [0.15, 0.2) is 17.2 Å². The molecule has 0 atom stereocenters. The number of esters is 1. The summed E-state index contributed by atoms with van der Waals surface area (Å²) in [7, 11) is 0. The summed E-state index contributed by atoms with van der Waals surface area (Å²) in [5, 5.41) is 0. The van der Waals surface area contributed by atoms with Gasteiger partial charge in [0.25, 0.3) is 0 Å². The summed E-state index contributed by atoms with van der Waals surface area (Å²) in [6.07, 6.45) is 1.59. The van der Waals surface area contributed by atoms with Crippen molar-refractivity contribution in [1.29, 1.82) is 0 Å². The summed E-state index contributed by atoms with van der Waals surface area (Å²) in [6, 6.07) is 17.4. The summed E-state index contributed by atoms with van der Waals surface area (Å²) in [5.41, 5.74) is 3.39. The van der Waals surface area contributed by atoms with E-state index in [1.165, 1.54) is 23.8 Å². The van der Waals surface area contributed by atoms with Crippen LogP contribution in [0.1, 0.15) is 29.2 Å². The second-order valence-electron chi connectivity index (χ2n) is 7.38. The van der Waals surface area contributed by atoms with Gasteiger partial charge in [0.05, 0.1) is 11.1 Å². The van der Waals surface area contributed by atoms with Gasteiger partial charge in [-0.1, -0.05) is 35.9 Å². The maximum atomic E-state index is 13.5. The SMILES string of the molecule is CCOc1cc(/C=C2\N=C(c3cccc(F)c3)OC2=O)cc(Br)c1OCc1ccc(C)cc1. The van der Waals surface area contributed by atoms with Crippen molar-refractivity contribution in [2.45, 2.75) is 20.5 Å². The molecule has 3 aromatic rings. The Hall–Kier alpha value is -3.45. The molecule has 1 heterocycles. The number of rotatable bonds is 7. The number of cyclic esters (lactones) is 1. The first-order valence-corrected chi connectivity index (χ1v) is 11.2. The minimum Gasteiger partial charge on any atom is -0.490 e. The van der Waals surface area contributed by atoms with Crippen molar-refractivity contribution in [3.63, 3.8) is 0 Å². The van der Waals surface area contributed by atoms with Crippen LogP contribution in [-0.4, -0.2) is 18.5 Å². The van der Waals surface area contributed by atoms with E-state index in [2.05, 4.69) is 20.9 Å². The van der Waals surface area contributed by atoms with Gasteiger partial charge in [0, 0.05) is 5.56 Å². The molecule has 0 N–H and O–H groups in total. The first kappa shape index (κ1) is 22.7. The van der Waals surface area contributed by atoms with Crippen molar-refractivity contribution in [2.24, 2.45) is 4.99 Å². The maximum absolute atomic E-state index is 13.5. The van der Waals surface area contributed by atoms with Gasteiger partial charge in [-0.25, -0.2) is 14.2 Å². The first-order chi connectivity index (χ1) is 15.9. The summed E-state index contributed by atoms with van der Waals surface area (Å²) in [5.74, 6) is 0.121. The van der Waals surface area contributed by atoms with Crippen molar-refractivity contribution >= 4 is 33.9 Å². The molecule has 0 aliphatic carbocycles. The van der Waals surface area contributed by atoms with Gasteiger partial charge in [-0.05, 0) is 77.3 Å². The minimum atomic E-state index is -0.608. The average molecular weight is 510 g/mol. The maximum Gasteiger partial charge on any atom is 0.363 e. The van der Waals surface area contributed by atoms with Crippen molar-refractivity contribution < 1.29 is 23.4 Å². The molecule has 7 heteroatoms. The van der Waals surface area contributed by atoms with E-state index in [0.717, 1.165) is 5.56 Å². The molecule has 0 saturated heterocycles. The number of aryl methyl sites for hydroxylation is 1. The van der Waals surface area contributed by atoms with Crippen molar-refractivity contribution in [3.05, 3.63) is 98.9 Å². The molecule has 1 aliphatic rings. The van der Waals surface area contributed by atoms with Gasteiger partial charge in [-0.15, -0.1) is 0 Å². The molecular formula is C26H21BrFNO4. The number of halogens is 2. The Morgan fingerprint density at radius 2 is 1.88 bits per heavy atom. The zero-order valence-corrected chi connectivity index (χ0v) is 19.7. The third-order valence-corrected chi connectivity index (χ3v) is 5.42. The predicted molar refractivity (Wildman–Crippen MR) is 128 cm³/mol. The quantitative estimate of drug-likeness (QED) is 0.280. The third kappa shape index (κ3) is 5.49. The van der Waals surface area contributed by atoms with Crippen molar-refractivity contribution in [3.8, 4) is 11.5 Å². The molecule has 168 valence electrons. The second kappa shape index (κ2) is 10.0. The Balaban J connectivity index is 1.61. The van der Waals surface area contributed by atoms with Crippen LogP contribution in [0.4, 0.5) is 4.39 Å². The monoisotopic (exact) mass is 509 g/mol.